The Kier molecular flexibility index (Phi) is 7.59. The standard InChI is InChI=1S/C30H26F3N3O4/c31-30(32,33)26-25(35-28(40-26)21-5-2-1-3-6-21)27(37)34-23-8-4-7-19(9-12-23)20-15-17-36(18-16-20)24-13-10-22(11-14-24)29(38)39/h1-7,9-14,20H,8,15-18H2,(H,34,37)(H,38,39). The fraction of sp³-hybridized carbons (Fsp3) is 0.233. The summed E-state index contributed by atoms with van der Waals surface area (Å²) in [5, 5.41) is 11.7. The van der Waals surface area contributed by atoms with E-state index in [1.54, 1.807) is 48.5 Å². The molecule has 7 nitrogen and oxygen atoms in total. The summed E-state index contributed by atoms with van der Waals surface area (Å²) in [6.07, 6.45) is 4.69. The number of anilines is 1. The van der Waals surface area contributed by atoms with Crippen LogP contribution in [0, 0.1) is 5.92 Å². The van der Waals surface area contributed by atoms with Crippen LogP contribution in [0.25, 0.3) is 11.5 Å². The second-order valence-electron chi connectivity index (χ2n) is 9.59. The second kappa shape index (κ2) is 11.3. The molecular weight excluding hydrogens is 523 g/mol. The molecule has 10 heteroatoms. The summed E-state index contributed by atoms with van der Waals surface area (Å²) in [6.45, 7) is 1.59. The highest BCUT2D eigenvalue weighted by atomic mass is 19.4. The molecule has 0 unspecified atom stereocenters. The lowest BCUT2D eigenvalue weighted by molar-refractivity contribution is -0.153. The van der Waals surface area contributed by atoms with Crippen molar-refractivity contribution in [3.63, 3.8) is 0 Å². The van der Waals surface area contributed by atoms with Crippen molar-refractivity contribution in [1.82, 2.24) is 10.3 Å². The van der Waals surface area contributed by atoms with Crippen LogP contribution in [0.5, 0.6) is 0 Å². The van der Waals surface area contributed by atoms with Crippen LogP contribution in [0.1, 0.15) is 45.9 Å². The number of carboxylic acid groups (broad SMARTS) is 1. The number of benzene rings is 2. The quantitative estimate of drug-likeness (QED) is 0.366. The molecule has 0 saturated carbocycles. The number of nitrogens with zero attached hydrogens (tertiary/aromatic N) is 2. The number of amides is 1. The number of allylic oxidation sites excluding steroid dienone is 5. The van der Waals surface area contributed by atoms with E-state index in [0.717, 1.165) is 37.2 Å². The number of carbonyl (C=O) groups excluding carboxylic acids is 1. The number of nitrogens with one attached hydrogen (secondary N) is 1. The number of halogens is 3. The van der Waals surface area contributed by atoms with Gasteiger partial charge in [0, 0.05) is 36.5 Å². The van der Waals surface area contributed by atoms with Crippen LogP contribution in [0.15, 0.2) is 94.6 Å². The van der Waals surface area contributed by atoms with Gasteiger partial charge in [-0.1, -0.05) is 36.4 Å². The van der Waals surface area contributed by atoms with Crippen LogP contribution in [-0.2, 0) is 6.18 Å². The number of oxazole rings is 1. The zero-order valence-electron chi connectivity index (χ0n) is 21.3. The summed E-state index contributed by atoms with van der Waals surface area (Å²) >= 11 is 0. The van der Waals surface area contributed by atoms with Gasteiger partial charge in [0.1, 0.15) is 0 Å². The first-order valence-electron chi connectivity index (χ1n) is 12.8. The minimum absolute atomic E-state index is 0.247. The smallest absolute Gasteiger partial charge is 0.452 e. The second-order valence-corrected chi connectivity index (χ2v) is 9.59. The summed E-state index contributed by atoms with van der Waals surface area (Å²) < 4.78 is 45.9. The molecule has 1 aliphatic heterocycles. The first-order chi connectivity index (χ1) is 19.2. The first kappa shape index (κ1) is 27.0. The minimum atomic E-state index is -4.88. The molecule has 2 aliphatic rings. The topological polar surface area (TPSA) is 95.7 Å². The number of rotatable bonds is 6. The highest BCUT2D eigenvalue weighted by molar-refractivity contribution is 5.95. The Morgan fingerprint density at radius 3 is 2.35 bits per heavy atom. The predicted octanol–water partition coefficient (Wildman–Crippen LogP) is 6.48. The maximum absolute atomic E-state index is 13.6. The number of carbonyl (C=O) groups is 2. The van der Waals surface area contributed by atoms with Crippen LogP contribution in [0.2, 0.25) is 0 Å². The van der Waals surface area contributed by atoms with E-state index in [0.29, 0.717) is 17.7 Å². The Morgan fingerprint density at radius 2 is 1.70 bits per heavy atom. The van der Waals surface area contributed by atoms with Gasteiger partial charge in [-0.2, -0.15) is 13.2 Å². The first-order valence-corrected chi connectivity index (χ1v) is 12.8. The van der Waals surface area contributed by atoms with Gasteiger partial charge in [-0.3, -0.25) is 4.79 Å². The molecule has 0 radical (unpaired) electrons. The van der Waals surface area contributed by atoms with Gasteiger partial charge < -0.3 is 19.7 Å². The molecule has 0 atom stereocenters. The van der Waals surface area contributed by atoms with E-state index >= 15 is 0 Å². The van der Waals surface area contributed by atoms with Crippen molar-refractivity contribution in [3.05, 3.63) is 107 Å². The number of piperidine rings is 1. The highest BCUT2D eigenvalue weighted by Gasteiger charge is 2.42. The van der Waals surface area contributed by atoms with Crippen LogP contribution in [0.3, 0.4) is 0 Å². The molecule has 40 heavy (non-hydrogen) atoms. The molecule has 0 spiro atoms. The largest absolute Gasteiger partial charge is 0.478 e. The van der Waals surface area contributed by atoms with Crippen LogP contribution in [-0.4, -0.2) is 35.1 Å². The summed E-state index contributed by atoms with van der Waals surface area (Å²) in [5.74, 6) is -3.39. The number of hydrogen-bond donors (Lipinski definition) is 2. The molecule has 1 fully saturated rings. The van der Waals surface area contributed by atoms with Crippen molar-refractivity contribution >= 4 is 17.6 Å². The Labute approximate surface area is 228 Å². The van der Waals surface area contributed by atoms with Gasteiger partial charge in [-0.15, -0.1) is 0 Å². The van der Waals surface area contributed by atoms with Gasteiger partial charge in [0.25, 0.3) is 5.91 Å². The monoisotopic (exact) mass is 549 g/mol. The van der Waals surface area contributed by atoms with Gasteiger partial charge in [0.05, 0.1) is 5.56 Å². The molecule has 2 N–H and O–H groups in total. The Balaban J connectivity index is 1.26. The lowest BCUT2D eigenvalue weighted by atomic mass is 9.88. The number of aromatic nitrogens is 1. The average Bonchev–Trinajstić information content (AvgIpc) is 3.30. The highest BCUT2D eigenvalue weighted by Crippen LogP contribution is 2.35. The minimum Gasteiger partial charge on any atom is -0.478 e. The van der Waals surface area contributed by atoms with Crippen molar-refractivity contribution in [2.75, 3.05) is 18.0 Å². The molecule has 1 amide bonds. The number of carboxylic acids is 1. The SMILES string of the molecule is O=C(O)c1ccc(N2CCC(C3=CC=C(NC(=O)c4nc(-c5ccccc5)oc4C(F)(F)F)CC=C3)CC2)cc1. The van der Waals surface area contributed by atoms with Crippen molar-refractivity contribution < 1.29 is 32.3 Å². The van der Waals surface area contributed by atoms with Gasteiger partial charge in [-0.25, -0.2) is 9.78 Å². The van der Waals surface area contributed by atoms with Crippen LogP contribution in [0.4, 0.5) is 18.9 Å². The number of hydrogen-bond acceptors (Lipinski definition) is 5. The third kappa shape index (κ3) is 6.01. The van der Waals surface area contributed by atoms with Gasteiger partial charge in [0.15, 0.2) is 5.69 Å². The van der Waals surface area contributed by atoms with E-state index in [4.69, 9.17) is 9.52 Å². The third-order valence-electron chi connectivity index (χ3n) is 6.97. The molecule has 5 rings (SSSR count). The molecule has 0 bridgehead atoms. The third-order valence-corrected chi connectivity index (χ3v) is 6.97. The zero-order valence-corrected chi connectivity index (χ0v) is 21.3. The normalized spacial score (nSPS) is 16.2. The maximum Gasteiger partial charge on any atom is 0.452 e. The Hall–Kier alpha value is -4.60. The van der Waals surface area contributed by atoms with Gasteiger partial charge in [0.2, 0.25) is 11.7 Å². The molecule has 1 aromatic heterocycles. The van der Waals surface area contributed by atoms with E-state index in [1.165, 1.54) is 0 Å². The van der Waals surface area contributed by atoms with Crippen LogP contribution < -0.4 is 10.2 Å². The predicted molar refractivity (Wildman–Crippen MR) is 143 cm³/mol. The van der Waals surface area contributed by atoms with Crippen molar-refractivity contribution in [1.29, 1.82) is 0 Å². The maximum atomic E-state index is 13.6. The van der Waals surface area contributed by atoms with Crippen LogP contribution >= 0.6 is 0 Å². The van der Waals surface area contributed by atoms with E-state index in [-0.39, 0.29) is 17.4 Å². The summed E-state index contributed by atoms with van der Waals surface area (Å²) in [7, 11) is 0. The molecule has 2 heterocycles. The Morgan fingerprint density at radius 1 is 1.00 bits per heavy atom. The summed E-state index contributed by atoms with van der Waals surface area (Å²) in [6, 6.07) is 14.9. The molecule has 3 aromatic rings. The van der Waals surface area contributed by atoms with Gasteiger partial charge >= 0.3 is 12.1 Å². The molecule has 1 aliphatic carbocycles. The van der Waals surface area contributed by atoms with Gasteiger partial charge in [-0.05, 0) is 66.8 Å². The molecule has 206 valence electrons. The van der Waals surface area contributed by atoms with Crippen molar-refractivity contribution in [2.24, 2.45) is 5.92 Å². The Bertz CT molecular complexity index is 1480. The number of aromatic carboxylic acids is 1. The number of alkyl halides is 3. The molecule has 1 saturated heterocycles. The van der Waals surface area contributed by atoms with E-state index < -0.39 is 29.5 Å². The fourth-order valence-corrected chi connectivity index (χ4v) is 4.87. The molecular formula is C30H26F3N3O4. The van der Waals surface area contributed by atoms with E-state index in [2.05, 4.69) is 15.2 Å². The lowest BCUT2D eigenvalue weighted by Gasteiger charge is -2.34. The zero-order chi connectivity index (χ0) is 28.3. The lowest BCUT2D eigenvalue weighted by Crippen LogP contribution is -2.34. The van der Waals surface area contributed by atoms with Crippen molar-refractivity contribution in [3.8, 4) is 11.5 Å². The van der Waals surface area contributed by atoms with E-state index in [9.17, 15) is 22.8 Å². The fourth-order valence-electron chi connectivity index (χ4n) is 4.87. The molecule has 2 aromatic carbocycles. The van der Waals surface area contributed by atoms with Crippen molar-refractivity contribution in [2.45, 2.75) is 25.4 Å². The van der Waals surface area contributed by atoms with E-state index in [1.807, 2.05) is 30.4 Å². The summed E-state index contributed by atoms with van der Waals surface area (Å²) in [4.78, 5) is 30.1. The average molecular weight is 550 g/mol. The summed E-state index contributed by atoms with van der Waals surface area (Å²) in [5.41, 5.74) is 2.27.